The molecule has 1 amide bonds. The maximum absolute atomic E-state index is 12.2. The van der Waals surface area contributed by atoms with Crippen molar-refractivity contribution < 1.29 is 19.1 Å². The van der Waals surface area contributed by atoms with Crippen LogP contribution in [-0.2, 0) is 14.3 Å². The van der Waals surface area contributed by atoms with Crippen LogP contribution in [0.2, 0.25) is 0 Å². The van der Waals surface area contributed by atoms with Gasteiger partial charge in [-0.1, -0.05) is 43.2 Å². The molecule has 1 aromatic rings. The van der Waals surface area contributed by atoms with E-state index in [2.05, 4.69) is 4.74 Å². The van der Waals surface area contributed by atoms with Crippen LogP contribution in [0.3, 0.4) is 0 Å². The number of hydrogen-bond donors (Lipinski definition) is 1. The van der Waals surface area contributed by atoms with Crippen molar-refractivity contribution in [2.24, 2.45) is 5.73 Å². The molecule has 0 radical (unpaired) electrons. The molecule has 6 heteroatoms. The number of methoxy groups -OCH3 is 1. The summed E-state index contributed by atoms with van der Waals surface area (Å²) in [5.41, 5.74) is 7.39. The van der Waals surface area contributed by atoms with E-state index in [4.69, 9.17) is 10.5 Å². The molecule has 1 aliphatic rings. The average Bonchev–Trinajstić information content (AvgIpc) is 3.02. The zero-order valence-electron chi connectivity index (χ0n) is 15.0. The molecule has 0 aromatic heterocycles. The standard InChI is InChI=1S/C19H28N2O4/c1-14(16(20)11-7-4-8-12-18(22)24-2)21-17(13-25-19(21)23)15-9-5-3-6-10-15/h3,5-6,9-10,14,16-17H,4,7-8,11-13,20H2,1-2H3/t14-,16+,17+/m0/s1. The molecular formula is C19H28N2O4. The molecule has 3 atom stereocenters. The van der Waals surface area contributed by atoms with E-state index in [9.17, 15) is 9.59 Å². The first-order chi connectivity index (χ1) is 12.0. The number of carbonyl (C=O) groups is 2. The molecule has 2 rings (SSSR count). The highest BCUT2D eigenvalue weighted by Crippen LogP contribution is 2.30. The Morgan fingerprint density at radius 1 is 1.32 bits per heavy atom. The summed E-state index contributed by atoms with van der Waals surface area (Å²) >= 11 is 0. The van der Waals surface area contributed by atoms with Crippen LogP contribution in [0.25, 0.3) is 0 Å². The second kappa shape index (κ2) is 9.42. The summed E-state index contributed by atoms with van der Waals surface area (Å²) in [4.78, 5) is 25.0. The van der Waals surface area contributed by atoms with Crippen molar-refractivity contribution in [1.29, 1.82) is 0 Å². The molecule has 1 aliphatic heterocycles. The van der Waals surface area contributed by atoms with Gasteiger partial charge in [0.25, 0.3) is 0 Å². The van der Waals surface area contributed by atoms with E-state index in [0.717, 1.165) is 31.2 Å². The number of ether oxygens (including phenoxy) is 2. The van der Waals surface area contributed by atoms with Crippen LogP contribution in [0.5, 0.6) is 0 Å². The highest BCUT2D eigenvalue weighted by molar-refractivity contribution is 5.71. The molecule has 1 aromatic carbocycles. The summed E-state index contributed by atoms with van der Waals surface area (Å²) < 4.78 is 9.89. The van der Waals surface area contributed by atoms with Gasteiger partial charge in [-0.25, -0.2) is 4.79 Å². The summed E-state index contributed by atoms with van der Waals surface area (Å²) in [5.74, 6) is -0.178. The van der Waals surface area contributed by atoms with Crippen LogP contribution >= 0.6 is 0 Å². The third-order valence-electron chi connectivity index (χ3n) is 4.80. The second-order valence-electron chi connectivity index (χ2n) is 6.49. The number of benzene rings is 1. The summed E-state index contributed by atoms with van der Waals surface area (Å²) in [5, 5.41) is 0. The van der Waals surface area contributed by atoms with E-state index in [1.54, 1.807) is 4.90 Å². The number of amides is 1. The number of rotatable bonds is 9. The Morgan fingerprint density at radius 3 is 2.72 bits per heavy atom. The van der Waals surface area contributed by atoms with Crippen molar-refractivity contribution in [3.63, 3.8) is 0 Å². The highest BCUT2D eigenvalue weighted by Gasteiger charge is 2.39. The molecule has 1 saturated heterocycles. The minimum absolute atomic E-state index is 0.0888. The molecule has 25 heavy (non-hydrogen) atoms. The van der Waals surface area contributed by atoms with Crippen LogP contribution < -0.4 is 5.73 Å². The topological polar surface area (TPSA) is 81.9 Å². The zero-order chi connectivity index (χ0) is 18.2. The van der Waals surface area contributed by atoms with Gasteiger partial charge in [-0.05, 0) is 25.3 Å². The van der Waals surface area contributed by atoms with Gasteiger partial charge in [0.15, 0.2) is 0 Å². The third-order valence-corrected chi connectivity index (χ3v) is 4.80. The first-order valence-corrected chi connectivity index (χ1v) is 8.87. The number of nitrogens with zero attached hydrogens (tertiary/aromatic N) is 1. The highest BCUT2D eigenvalue weighted by atomic mass is 16.6. The average molecular weight is 348 g/mol. The number of cyclic esters (lactones) is 1. The number of esters is 1. The quantitative estimate of drug-likeness (QED) is 0.548. The molecule has 6 nitrogen and oxygen atoms in total. The number of carbonyl (C=O) groups excluding carboxylic acids is 2. The molecule has 0 aliphatic carbocycles. The number of hydrogen-bond acceptors (Lipinski definition) is 5. The monoisotopic (exact) mass is 348 g/mol. The van der Waals surface area contributed by atoms with E-state index in [0.29, 0.717) is 13.0 Å². The lowest BCUT2D eigenvalue weighted by Crippen LogP contribution is -2.47. The Bertz CT molecular complexity index is 564. The first-order valence-electron chi connectivity index (χ1n) is 8.87. The largest absolute Gasteiger partial charge is 0.469 e. The van der Waals surface area contributed by atoms with Crippen molar-refractivity contribution >= 4 is 12.1 Å². The molecule has 1 heterocycles. The summed E-state index contributed by atoms with van der Waals surface area (Å²) in [7, 11) is 1.40. The lowest BCUT2D eigenvalue weighted by Gasteiger charge is -2.32. The smallest absolute Gasteiger partial charge is 0.410 e. The molecule has 0 unspecified atom stereocenters. The molecule has 0 saturated carbocycles. The van der Waals surface area contributed by atoms with Crippen molar-refractivity contribution in [3.8, 4) is 0 Å². The number of nitrogens with two attached hydrogens (primary N) is 1. The van der Waals surface area contributed by atoms with E-state index in [1.807, 2.05) is 37.3 Å². The normalized spacial score (nSPS) is 19.4. The maximum Gasteiger partial charge on any atom is 0.410 e. The fraction of sp³-hybridized carbons (Fsp3) is 0.579. The summed E-state index contributed by atoms with van der Waals surface area (Å²) in [6.45, 7) is 2.33. The molecule has 1 fully saturated rings. The van der Waals surface area contributed by atoms with Gasteiger partial charge in [-0.15, -0.1) is 0 Å². The van der Waals surface area contributed by atoms with Crippen LogP contribution in [0, 0.1) is 0 Å². The van der Waals surface area contributed by atoms with Crippen LogP contribution in [0.1, 0.15) is 50.6 Å². The molecule has 138 valence electrons. The molecule has 0 spiro atoms. The van der Waals surface area contributed by atoms with Gasteiger partial charge in [-0.3, -0.25) is 9.69 Å². The predicted molar refractivity (Wildman–Crippen MR) is 94.9 cm³/mol. The fourth-order valence-corrected chi connectivity index (χ4v) is 3.19. The van der Waals surface area contributed by atoms with Crippen LogP contribution in [-0.4, -0.2) is 42.8 Å². The molecule has 0 bridgehead atoms. The van der Waals surface area contributed by atoms with Crippen molar-refractivity contribution in [2.45, 2.75) is 57.2 Å². The van der Waals surface area contributed by atoms with Crippen LogP contribution in [0.4, 0.5) is 4.79 Å². The minimum Gasteiger partial charge on any atom is -0.469 e. The number of unbranched alkanes of at least 4 members (excludes halogenated alkanes) is 2. The van der Waals surface area contributed by atoms with E-state index < -0.39 is 0 Å². The van der Waals surface area contributed by atoms with Gasteiger partial charge in [-0.2, -0.15) is 0 Å². The van der Waals surface area contributed by atoms with Gasteiger partial charge >= 0.3 is 12.1 Å². The Kier molecular flexibility index (Phi) is 7.25. The minimum atomic E-state index is -0.303. The van der Waals surface area contributed by atoms with Gasteiger partial charge in [0, 0.05) is 18.5 Å². The second-order valence-corrected chi connectivity index (χ2v) is 6.49. The lowest BCUT2D eigenvalue weighted by molar-refractivity contribution is -0.140. The van der Waals surface area contributed by atoms with Crippen molar-refractivity contribution in [2.75, 3.05) is 13.7 Å². The lowest BCUT2D eigenvalue weighted by atomic mass is 9.98. The third kappa shape index (κ3) is 5.19. The fourth-order valence-electron chi connectivity index (χ4n) is 3.19. The molecule has 2 N–H and O–H groups in total. The van der Waals surface area contributed by atoms with Gasteiger partial charge in [0.2, 0.25) is 0 Å². The first kappa shape index (κ1) is 19.2. The summed E-state index contributed by atoms with van der Waals surface area (Å²) in [6, 6.07) is 9.55. The van der Waals surface area contributed by atoms with Gasteiger partial charge in [0.05, 0.1) is 13.2 Å². The van der Waals surface area contributed by atoms with Crippen molar-refractivity contribution in [3.05, 3.63) is 35.9 Å². The zero-order valence-corrected chi connectivity index (χ0v) is 15.0. The van der Waals surface area contributed by atoms with E-state index in [1.165, 1.54) is 7.11 Å². The Balaban J connectivity index is 1.85. The Hall–Kier alpha value is -2.08. The van der Waals surface area contributed by atoms with Gasteiger partial charge < -0.3 is 15.2 Å². The Labute approximate surface area is 149 Å². The van der Waals surface area contributed by atoms with Gasteiger partial charge in [0.1, 0.15) is 6.61 Å². The van der Waals surface area contributed by atoms with Crippen molar-refractivity contribution in [1.82, 2.24) is 4.90 Å². The van der Waals surface area contributed by atoms with Crippen LogP contribution in [0.15, 0.2) is 30.3 Å². The maximum atomic E-state index is 12.2. The van der Waals surface area contributed by atoms with E-state index in [-0.39, 0.29) is 30.2 Å². The van der Waals surface area contributed by atoms with E-state index >= 15 is 0 Å². The Morgan fingerprint density at radius 2 is 2.04 bits per heavy atom. The molecular weight excluding hydrogens is 320 g/mol. The summed E-state index contributed by atoms with van der Waals surface area (Å²) in [6.07, 6.45) is 3.57. The SMILES string of the molecule is COC(=O)CCCCC[C@@H](N)[C@H](C)N1C(=O)OC[C@@H]1c1ccccc1. The predicted octanol–water partition coefficient (Wildman–Crippen LogP) is 3.02.